The second-order valence-corrected chi connectivity index (χ2v) is 3.88. The molecule has 0 unspecified atom stereocenters. The van der Waals surface area contributed by atoms with E-state index in [4.69, 9.17) is 9.84 Å². The van der Waals surface area contributed by atoms with Gasteiger partial charge < -0.3 is 14.9 Å². The van der Waals surface area contributed by atoms with Gasteiger partial charge in [-0.2, -0.15) is 0 Å². The van der Waals surface area contributed by atoms with Gasteiger partial charge in [0.25, 0.3) is 0 Å². The largest absolute Gasteiger partial charge is 0.507 e. The number of aliphatic hydroxyl groups is 1. The summed E-state index contributed by atoms with van der Waals surface area (Å²) in [5.74, 6) is 0.622. The molecule has 0 spiro atoms. The summed E-state index contributed by atoms with van der Waals surface area (Å²) in [6.45, 7) is 7.33. The van der Waals surface area contributed by atoms with Gasteiger partial charge in [0, 0.05) is 17.3 Å². The van der Waals surface area contributed by atoms with Crippen molar-refractivity contribution < 1.29 is 14.9 Å². The summed E-state index contributed by atoms with van der Waals surface area (Å²) in [7, 11) is 1.54. The highest BCUT2D eigenvalue weighted by Gasteiger charge is 2.13. The van der Waals surface area contributed by atoms with E-state index in [2.05, 4.69) is 11.6 Å². The lowest BCUT2D eigenvalue weighted by Gasteiger charge is -2.13. The van der Waals surface area contributed by atoms with Crippen molar-refractivity contribution in [2.24, 2.45) is 4.99 Å². The minimum absolute atomic E-state index is 0.0691. The van der Waals surface area contributed by atoms with Crippen LogP contribution in [-0.2, 0) is 0 Å². The standard InChI is InChI=1S/C14H19NO3/c1-5-10(8-16)15-12-7-13(17)11(6-2)14(18-4)9(12)3/h6-7,16-17H,2,5,8H2,1,3-4H3/b15-10+. The third-order valence-corrected chi connectivity index (χ3v) is 2.80. The number of methoxy groups -OCH3 is 1. The number of hydrogen-bond acceptors (Lipinski definition) is 4. The van der Waals surface area contributed by atoms with E-state index in [-0.39, 0.29) is 12.4 Å². The van der Waals surface area contributed by atoms with Gasteiger partial charge in [0.2, 0.25) is 0 Å². The fourth-order valence-corrected chi connectivity index (χ4v) is 1.72. The molecule has 98 valence electrons. The van der Waals surface area contributed by atoms with Crippen LogP contribution in [-0.4, -0.2) is 29.6 Å². The summed E-state index contributed by atoms with van der Waals surface area (Å²) < 4.78 is 5.27. The molecule has 0 saturated carbocycles. The molecule has 4 heteroatoms. The Balaban J connectivity index is 3.44. The number of phenolic OH excluding ortho intramolecular Hbond substituents is 1. The predicted octanol–water partition coefficient (Wildman–Crippen LogP) is 2.83. The van der Waals surface area contributed by atoms with E-state index < -0.39 is 0 Å². The highest BCUT2D eigenvalue weighted by molar-refractivity contribution is 5.88. The minimum Gasteiger partial charge on any atom is -0.507 e. The van der Waals surface area contributed by atoms with Gasteiger partial charge >= 0.3 is 0 Å². The maximum Gasteiger partial charge on any atom is 0.134 e. The molecule has 18 heavy (non-hydrogen) atoms. The second kappa shape index (κ2) is 6.21. The lowest BCUT2D eigenvalue weighted by molar-refractivity contribution is 0.355. The molecule has 1 rings (SSSR count). The van der Waals surface area contributed by atoms with E-state index in [0.717, 1.165) is 5.56 Å². The van der Waals surface area contributed by atoms with Crippen LogP contribution in [0, 0.1) is 6.92 Å². The summed E-state index contributed by atoms with van der Waals surface area (Å²) in [6.07, 6.45) is 2.20. The molecule has 0 atom stereocenters. The fourth-order valence-electron chi connectivity index (χ4n) is 1.72. The van der Waals surface area contributed by atoms with Crippen LogP contribution in [0.15, 0.2) is 17.6 Å². The molecular formula is C14H19NO3. The van der Waals surface area contributed by atoms with Crippen LogP contribution in [0.5, 0.6) is 11.5 Å². The van der Waals surface area contributed by atoms with Gasteiger partial charge in [0.15, 0.2) is 0 Å². The third kappa shape index (κ3) is 2.71. The van der Waals surface area contributed by atoms with Crippen LogP contribution in [0.1, 0.15) is 24.5 Å². The summed E-state index contributed by atoms with van der Waals surface area (Å²) >= 11 is 0. The zero-order valence-electron chi connectivity index (χ0n) is 11.0. The molecule has 1 aromatic carbocycles. The van der Waals surface area contributed by atoms with Crippen molar-refractivity contribution in [3.63, 3.8) is 0 Å². The number of benzene rings is 1. The Morgan fingerprint density at radius 3 is 2.67 bits per heavy atom. The van der Waals surface area contributed by atoms with E-state index in [1.807, 2.05) is 13.8 Å². The van der Waals surface area contributed by atoms with Crippen molar-refractivity contribution in [3.05, 3.63) is 23.8 Å². The van der Waals surface area contributed by atoms with Crippen LogP contribution >= 0.6 is 0 Å². The average molecular weight is 249 g/mol. The van der Waals surface area contributed by atoms with E-state index >= 15 is 0 Å². The topological polar surface area (TPSA) is 62.1 Å². The number of nitrogens with zero attached hydrogens (tertiary/aromatic N) is 1. The molecule has 0 aliphatic carbocycles. The molecule has 2 N–H and O–H groups in total. The maximum absolute atomic E-state index is 9.90. The van der Waals surface area contributed by atoms with E-state index in [1.54, 1.807) is 12.1 Å². The number of ether oxygens (including phenoxy) is 1. The smallest absolute Gasteiger partial charge is 0.134 e. The Hall–Kier alpha value is -1.81. The lowest BCUT2D eigenvalue weighted by atomic mass is 10.1. The van der Waals surface area contributed by atoms with Crippen molar-refractivity contribution in [3.8, 4) is 11.5 Å². The molecule has 0 bridgehead atoms. The van der Waals surface area contributed by atoms with Gasteiger partial charge in [0.1, 0.15) is 11.5 Å². The van der Waals surface area contributed by atoms with Gasteiger partial charge in [-0.15, -0.1) is 0 Å². The first-order valence-corrected chi connectivity index (χ1v) is 5.79. The highest BCUT2D eigenvalue weighted by atomic mass is 16.5. The number of hydrogen-bond donors (Lipinski definition) is 2. The molecule has 0 aliphatic rings. The number of aromatic hydroxyl groups is 1. The van der Waals surface area contributed by atoms with E-state index in [1.165, 1.54) is 7.11 Å². The molecule has 0 heterocycles. The van der Waals surface area contributed by atoms with Gasteiger partial charge in [-0.25, -0.2) is 0 Å². The number of aliphatic hydroxyl groups excluding tert-OH is 1. The van der Waals surface area contributed by atoms with Crippen LogP contribution in [0.2, 0.25) is 0 Å². The normalized spacial score (nSPS) is 11.4. The van der Waals surface area contributed by atoms with Crippen molar-refractivity contribution in [1.82, 2.24) is 0 Å². The maximum atomic E-state index is 9.90. The number of aliphatic imine (C=N–C) groups is 1. The fraction of sp³-hybridized carbons (Fsp3) is 0.357. The van der Waals surface area contributed by atoms with Gasteiger partial charge in [0.05, 0.1) is 25.0 Å². The van der Waals surface area contributed by atoms with E-state index in [9.17, 15) is 5.11 Å². The average Bonchev–Trinajstić information content (AvgIpc) is 2.38. The summed E-state index contributed by atoms with van der Waals surface area (Å²) in [6, 6.07) is 1.56. The quantitative estimate of drug-likeness (QED) is 0.789. The van der Waals surface area contributed by atoms with Crippen molar-refractivity contribution in [1.29, 1.82) is 0 Å². The summed E-state index contributed by atoms with van der Waals surface area (Å²) in [4.78, 5) is 4.33. The Bertz CT molecular complexity index is 472. The van der Waals surface area contributed by atoms with Crippen LogP contribution in [0.3, 0.4) is 0 Å². The number of rotatable bonds is 5. The van der Waals surface area contributed by atoms with Crippen molar-refractivity contribution in [2.45, 2.75) is 20.3 Å². The lowest BCUT2D eigenvalue weighted by Crippen LogP contribution is -2.02. The molecule has 0 saturated heterocycles. The molecule has 0 amide bonds. The monoisotopic (exact) mass is 249 g/mol. The predicted molar refractivity (Wildman–Crippen MR) is 74.0 cm³/mol. The first-order valence-electron chi connectivity index (χ1n) is 5.79. The summed E-state index contributed by atoms with van der Waals surface area (Å²) in [5.41, 5.74) is 2.62. The first-order chi connectivity index (χ1) is 8.58. The summed E-state index contributed by atoms with van der Waals surface area (Å²) in [5, 5.41) is 19.0. The second-order valence-electron chi connectivity index (χ2n) is 3.88. The Kier molecular flexibility index (Phi) is 4.92. The van der Waals surface area contributed by atoms with E-state index in [0.29, 0.717) is 29.1 Å². The molecular weight excluding hydrogens is 230 g/mol. The SMILES string of the molecule is C=Cc1c(O)cc(/N=C(\CC)CO)c(C)c1OC. The highest BCUT2D eigenvalue weighted by Crippen LogP contribution is 2.38. The Morgan fingerprint density at radius 2 is 2.22 bits per heavy atom. The van der Waals surface area contributed by atoms with Gasteiger partial charge in [-0.05, 0) is 13.3 Å². The molecule has 0 aliphatic heterocycles. The third-order valence-electron chi connectivity index (χ3n) is 2.80. The number of phenols is 1. The zero-order chi connectivity index (χ0) is 13.7. The Morgan fingerprint density at radius 1 is 1.56 bits per heavy atom. The van der Waals surface area contributed by atoms with Crippen LogP contribution in [0.4, 0.5) is 5.69 Å². The molecule has 1 aromatic rings. The minimum atomic E-state index is -0.0950. The van der Waals surface area contributed by atoms with Gasteiger partial charge in [-0.1, -0.05) is 19.6 Å². The zero-order valence-corrected chi connectivity index (χ0v) is 11.0. The van der Waals surface area contributed by atoms with Crippen molar-refractivity contribution >= 4 is 17.5 Å². The van der Waals surface area contributed by atoms with Crippen LogP contribution < -0.4 is 4.74 Å². The van der Waals surface area contributed by atoms with Crippen molar-refractivity contribution in [2.75, 3.05) is 13.7 Å². The first kappa shape index (κ1) is 14.3. The molecule has 0 aromatic heterocycles. The van der Waals surface area contributed by atoms with Crippen LogP contribution in [0.25, 0.3) is 6.08 Å². The molecule has 0 radical (unpaired) electrons. The van der Waals surface area contributed by atoms with Gasteiger partial charge in [-0.3, -0.25) is 4.99 Å². The Labute approximate surface area is 107 Å². The molecule has 0 fully saturated rings. The molecule has 4 nitrogen and oxygen atoms in total.